The van der Waals surface area contributed by atoms with Crippen LogP contribution in [-0.2, 0) is 0 Å². The maximum Gasteiger partial charge on any atom is -0.00264 e. The second-order valence-electron chi connectivity index (χ2n) is 18.2. The maximum absolute atomic E-state index is 2.44. The number of benzene rings is 12. The van der Waals surface area contributed by atoms with Gasteiger partial charge in [0.25, 0.3) is 0 Å². The summed E-state index contributed by atoms with van der Waals surface area (Å²) in [4.78, 5) is 0. The van der Waals surface area contributed by atoms with Crippen molar-refractivity contribution in [2.24, 2.45) is 0 Å². The Hall–Kier alpha value is -8.84. The molecule has 0 fully saturated rings. The molecule has 0 saturated carbocycles. The molecule has 2 aliphatic rings. The second-order valence-corrected chi connectivity index (χ2v) is 18.2. The van der Waals surface area contributed by atoms with Crippen LogP contribution in [0.5, 0.6) is 0 Å². The fourth-order valence-corrected chi connectivity index (χ4v) is 11.6. The van der Waals surface area contributed by atoms with E-state index in [-0.39, 0.29) is 0 Å². The van der Waals surface area contributed by atoms with Gasteiger partial charge in [0.2, 0.25) is 0 Å². The van der Waals surface area contributed by atoms with Gasteiger partial charge in [0.15, 0.2) is 0 Å². The highest BCUT2D eigenvalue weighted by atomic mass is 14.3. The van der Waals surface area contributed by atoms with Crippen LogP contribution < -0.4 is 0 Å². The van der Waals surface area contributed by atoms with Crippen molar-refractivity contribution in [1.82, 2.24) is 0 Å². The molecule has 0 radical (unpaired) electrons. The third kappa shape index (κ3) is 5.88. The average Bonchev–Trinajstić information content (AvgIpc) is 3.90. The van der Waals surface area contributed by atoms with E-state index in [4.69, 9.17) is 0 Å². The van der Waals surface area contributed by atoms with E-state index < -0.39 is 0 Å². The molecule has 314 valence electrons. The largest absolute Gasteiger partial charge is 0.0616 e. The van der Waals surface area contributed by atoms with Gasteiger partial charge in [-0.15, -0.1) is 0 Å². The zero-order valence-electron chi connectivity index (χ0n) is 37.2. The van der Waals surface area contributed by atoms with Crippen molar-refractivity contribution in [3.8, 4) is 55.6 Å². The fraction of sp³-hybridized carbons (Fsp3) is 0. The Balaban J connectivity index is 0.853. The summed E-state index contributed by atoms with van der Waals surface area (Å²) in [6.07, 6.45) is 4.89. The first kappa shape index (κ1) is 38.4. The average molecular weight is 859 g/mol. The molecule has 0 heteroatoms. The van der Waals surface area contributed by atoms with E-state index in [9.17, 15) is 0 Å². The summed E-state index contributed by atoms with van der Waals surface area (Å²) in [6, 6.07) is 89.6. The van der Waals surface area contributed by atoms with Gasteiger partial charge in [-0.2, -0.15) is 0 Å². The Morgan fingerprint density at radius 2 is 0.382 bits per heavy atom. The van der Waals surface area contributed by atoms with Crippen molar-refractivity contribution in [2.45, 2.75) is 0 Å². The van der Waals surface area contributed by atoms with Gasteiger partial charge >= 0.3 is 0 Å². The molecule has 0 spiro atoms. The predicted octanol–water partition coefficient (Wildman–Crippen LogP) is 18.4. The van der Waals surface area contributed by atoms with Gasteiger partial charge in [-0.1, -0.05) is 243 Å². The van der Waals surface area contributed by atoms with Crippen LogP contribution in [0, 0.1) is 0 Å². The first-order valence-corrected chi connectivity index (χ1v) is 23.7. The monoisotopic (exact) mass is 858 g/mol. The molecule has 0 aliphatic heterocycles. The van der Waals surface area contributed by atoms with Crippen molar-refractivity contribution < 1.29 is 0 Å². The molecule has 2 aliphatic carbocycles. The molecule has 0 heterocycles. The summed E-state index contributed by atoms with van der Waals surface area (Å²) in [5, 5.41) is 10.1. The highest BCUT2D eigenvalue weighted by Gasteiger charge is 2.26. The van der Waals surface area contributed by atoms with Crippen molar-refractivity contribution in [1.29, 1.82) is 0 Å². The van der Waals surface area contributed by atoms with Gasteiger partial charge in [-0.3, -0.25) is 0 Å². The van der Waals surface area contributed by atoms with E-state index in [0.717, 1.165) is 0 Å². The Morgan fingerprint density at radius 1 is 0.176 bits per heavy atom. The molecule has 0 nitrogen and oxygen atoms in total. The van der Waals surface area contributed by atoms with Gasteiger partial charge in [0.05, 0.1) is 0 Å². The van der Waals surface area contributed by atoms with Crippen molar-refractivity contribution in [3.05, 3.63) is 276 Å². The molecule has 0 unspecified atom stereocenters. The van der Waals surface area contributed by atoms with Crippen LogP contribution >= 0.6 is 0 Å². The Morgan fingerprint density at radius 3 is 0.647 bits per heavy atom. The summed E-state index contributed by atoms with van der Waals surface area (Å²) in [5.74, 6) is 0. The summed E-state index contributed by atoms with van der Waals surface area (Å²) >= 11 is 0. The molecular formula is C68H42. The minimum absolute atomic E-state index is 1.20. The van der Waals surface area contributed by atoms with Gasteiger partial charge in [-0.05, 0) is 155 Å². The number of fused-ring (bicyclic) bond motifs is 10. The molecule has 12 aromatic rings. The lowest BCUT2D eigenvalue weighted by Gasteiger charge is -2.17. The van der Waals surface area contributed by atoms with Crippen LogP contribution in [0.4, 0.5) is 0 Å². The van der Waals surface area contributed by atoms with Crippen molar-refractivity contribution in [2.75, 3.05) is 0 Å². The van der Waals surface area contributed by atoms with E-state index in [0.29, 0.717) is 0 Å². The van der Waals surface area contributed by atoms with Crippen LogP contribution in [0.2, 0.25) is 0 Å². The van der Waals surface area contributed by atoms with E-state index in [1.165, 1.54) is 143 Å². The molecule has 12 aromatic carbocycles. The van der Waals surface area contributed by atoms with Gasteiger partial charge in [0.1, 0.15) is 0 Å². The van der Waals surface area contributed by atoms with Crippen LogP contribution in [0.1, 0.15) is 33.4 Å². The maximum atomic E-state index is 2.44. The van der Waals surface area contributed by atoms with Gasteiger partial charge in [-0.25, -0.2) is 0 Å². The summed E-state index contributed by atoms with van der Waals surface area (Å²) < 4.78 is 0. The van der Waals surface area contributed by atoms with Crippen LogP contribution in [-0.4, -0.2) is 0 Å². The first-order chi connectivity index (χ1) is 33.8. The van der Waals surface area contributed by atoms with Crippen LogP contribution in [0.15, 0.2) is 243 Å². The third-order valence-electron chi connectivity index (χ3n) is 14.7. The first-order valence-electron chi connectivity index (χ1n) is 23.7. The SMILES string of the molecule is C(=C1c2ccccc2-c2ccccc21)c1c2ccccc2c(-c2ccc(-c3ccc(-c4c5ccccc5c(C=C5c6ccccc6-c6ccccc65)c5ccccc45)cc3)cc2)c2ccccc12. The summed E-state index contributed by atoms with van der Waals surface area (Å²) in [6.45, 7) is 0. The zero-order chi connectivity index (χ0) is 44.7. The Bertz CT molecular complexity index is 3620. The molecule has 14 rings (SSSR count). The molecule has 0 bridgehead atoms. The topological polar surface area (TPSA) is 0 Å². The smallest absolute Gasteiger partial charge is 0.00264 e. The fourth-order valence-electron chi connectivity index (χ4n) is 11.6. The Labute approximate surface area is 396 Å². The molecule has 0 saturated heterocycles. The zero-order valence-corrected chi connectivity index (χ0v) is 37.2. The van der Waals surface area contributed by atoms with Crippen molar-refractivity contribution >= 4 is 66.4 Å². The van der Waals surface area contributed by atoms with Gasteiger partial charge < -0.3 is 0 Å². The van der Waals surface area contributed by atoms with Crippen LogP contribution in [0.25, 0.3) is 122 Å². The van der Waals surface area contributed by atoms with E-state index in [2.05, 4.69) is 255 Å². The standard InChI is InChI=1S/C68H42/c1-5-21-51-47(17-1)48-18-2-6-22-52(48)63(51)41-65-55-25-9-13-29-59(55)67(60-30-14-10-26-56(60)65)45-37-33-43(34-38-45)44-35-39-46(40-36-44)68-61-31-15-11-27-57(61)66(58-28-12-16-32-62(58)68)42-64-53-23-7-3-19-49(53)50-20-4-8-24-54(50)64/h1-42H. The van der Waals surface area contributed by atoms with Gasteiger partial charge in [0, 0.05) is 0 Å². The highest BCUT2D eigenvalue weighted by molar-refractivity contribution is 6.22. The number of hydrogen-bond acceptors (Lipinski definition) is 0. The quantitative estimate of drug-likeness (QED) is 0.151. The molecule has 0 amide bonds. The van der Waals surface area contributed by atoms with Crippen molar-refractivity contribution in [3.63, 3.8) is 0 Å². The number of rotatable bonds is 5. The lowest BCUT2D eigenvalue weighted by atomic mass is 9.86. The predicted molar refractivity (Wildman–Crippen MR) is 290 cm³/mol. The minimum atomic E-state index is 1.20. The normalized spacial score (nSPS) is 12.4. The Kier molecular flexibility index (Phi) is 8.69. The second kappa shape index (κ2) is 15.4. The molecule has 68 heavy (non-hydrogen) atoms. The summed E-state index contributed by atoms with van der Waals surface area (Å²) in [5.41, 5.74) is 22.8. The molecule has 0 N–H and O–H groups in total. The lowest BCUT2D eigenvalue weighted by Crippen LogP contribution is -1.92. The van der Waals surface area contributed by atoms with E-state index in [1.807, 2.05) is 0 Å². The minimum Gasteiger partial charge on any atom is -0.0616 e. The van der Waals surface area contributed by atoms with E-state index in [1.54, 1.807) is 0 Å². The lowest BCUT2D eigenvalue weighted by molar-refractivity contribution is 1.60. The molecule has 0 aromatic heterocycles. The van der Waals surface area contributed by atoms with Crippen LogP contribution in [0.3, 0.4) is 0 Å². The highest BCUT2D eigenvalue weighted by Crippen LogP contribution is 2.49. The molecular weight excluding hydrogens is 817 g/mol. The third-order valence-corrected chi connectivity index (χ3v) is 14.7. The summed E-state index contributed by atoms with van der Waals surface area (Å²) in [7, 11) is 0. The molecule has 0 atom stereocenters. The van der Waals surface area contributed by atoms with E-state index >= 15 is 0 Å². The number of hydrogen-bond donors (Lipinski definition) is 0.